The van der Waals surface area contributed by atoms with Gasteiger partial charge in [0.2, 0.25) is 5.75 Å². The van der Waals surface area contributed by atoms with Gasteiger partial charge in [-0.2, -0.15) is 0 Å². The van der Waals surface area contributed by atoms with Gasteiger partial charge < -0.3 is 24.4 Å². The van der Waals surface area contributed by atoms with Crippen LogP contribution in [0.25, 0.3) is 0 Å². The van der Waals surface area contributed by atoms with E-state index < -0.39 is 0 Å². The molecule has 2 rings (SSSR count). The first-order valence-electron chi connectivity index (χ1n) is 8.79. The van der Waals surface area contributed by atoms with Crippen LogP contribution in [0.1, 0.15) is 16.7 Å². The SMILES string of the molecule is CN=C(NCc1cc(OC)c(OC)c(OC)c1)N(C)Cc1ccccc1C. The summed E-state index contributed by atoms with van der Waals surface area (Å²) in [6.07, 6.45) is 0. The van der Waals surface area contributed by atoms with Crippen molar-refractivity contribution in [2.75, 3.05) is 35.4 Å². The molecule has 0 aliphatic rings. The van der Waals surface area contributed by atoms with Gasteiger partial charge in [-0.25, -0.2) is 0 Å². The Bertz CT molecular complexity index is 765. The molecule has 6 heteroatoms. The van der Waals surface area contributed by atoms with Gasteiger partial charge in [-0.05, 0) is 35.7 Å². The van der Waals surface area contributed by atoms with Crippen LogP contribution < -0.4 is 19.5 Å². The van der Waals surface area contributed by atoms with E-state index in [-0.39, 0.29) is 0 Å². The minimum Gasteiger partial charge on any atom is -0.493 e. The van der Waals surface area contributed by atoms with Crippen molar-refractivity contribution in [2.24, 2.45) is 4.99 Å². The lowest BCUT2D eigenvalue weighted by Gasteiger charge is -2.23. The van der Waals surface area contributed by atoms with Crippen molar-refractivity contribution >= 4 is 5.96 Å². The number of benzene rings is 2. The highest BCUT2D eigenvalue weighted by Gasteiger charge is 2.14. The van der Waals surface area contributed by atoms with Gasteiger partial charge in [0.05, 0.1) is 21.3 Å². The highest BCUT2D eigenvalue weighted by molar-refractivity contribution is 5.79. The Morgan fingerprint density at radius 3 is 2.19 bits per heavy atom. The second-order valence-corrected chi connectivity index (χ2v) is 6.22. The maximum atomic E-state index is 5.42. The fraction of sp³-hybridized carbons (Fsp3) is 0.381. The molecule has 0 aliphatic heterocycles. The zero-order valence-corrected chi connectivity index (χ0v) is 17.0. The van der Waals surface area contributed by atoms with E-state index in [0.29, 0.717) is 23.8 Å². The van der Waals surface area contributed by atoms with Crippen LogP contribution >= 0.6 is 0 Å². The monoisotopic (exact) mass is 371 g/mol. The number of rotatable bonds is 7. The third-order valence-corrected chi connectivity index (χ3v) is 4.42. The van der Waals surface area contributed by atoms with E-state index in [2.05, 4.69) is 46.4 Å². The first-order valence-corrected chi connectivity index (χ1v) is 8.79. The van der Waals surface area contributed by atoms with Gasteiger partial charge in [0.25, 0.3) is 0 Å². The van der Waals surface area contributed by atoms with E-state index in [1.807, 2.05) is 19.2 Å². The van der Waals surface area contributed by atoms with Gasteiger partial charge in [0.15, 0.2) is 17.5 Å². The summed E-state index contributed by atoms with van der Waals surface area (Å²) < 4.78 is 16.2. The minimum absolute atomic E-state index is 0.585. The van der Waals surface area contributed by atoms with Crippen LogP contribution in [0, 0.1) is 6.92 Å². The molecule has 0 saturated heterocycles. The van der Waals surface area contributed by atoms with E-state index in [9.17, 15) is 0 Å². The van der Waals surface area contributed by atoms with Crippen molar-refractivity contribution in [2.45, 2.75) is 20.0 Å². The fourth-order valence-electron chi connectivity index (χ4n) is 2.92. The van der Waals surface area contributed by atoms with Crippen molar-refractivity contribution in [3.63, 3.8) is 0 Å². The molecule has 0 unspecified atom stereocenters. The average molecular weight is 371 g/mol. The Balaban J connectivity index is 2.10. The molecule has 0 saturated carbocycles. The number of aryl methyl sites for hydroxylation is 1. The molecule has 0 aromatic heterocycles. The highest BCUT2D eigenvalue weighted by Crippen LogP contribution is 2.38. The second kappa shape index (κ2) is 9.71. The molecule has 0 fully saturated rings. The quantitative estimate of drug-likeness (QED) is 0.598. The number of hydrogen-bond donors (Lipinski definition) is 1. The summed E-state index contributed by atoms with van der Waals surface area (Å²) in [5.74, 6) is 2.67. The van der Waals surface area contributed by atoms with Crippen molar-refractivity contribution in [3.8, 4) is 17.2 Å². The lowest BCUT2D eigenvalue weighted by Crippen LogP contribution is -2.38. The molecule has 0 bridgehead atoms. The lowest BCUT2D eigenvalue weighted by atomic mass is 10.1. The molecule has 2 aromatic rings. The van der Waals surface area contributed by atoms with Crippen molar-refractivity contribution in [3.05, 3.63) is 53.1 Å². The Morgan fingerprint density at radius 1 is 1.04 bits per heavy atom. The smallest absolute Gasteiger partial charge is 0.203 e. The van der Waals surface area contributed by atoms with Crippen LogP contribution in [-0.2, 0) is 13.1 Å². The minimum atomic E-state index is 0.585. The van der Waals surface area contributed by atoms with Crippen molar-refractivity contribution < 1.29 is 14.2 Å². The zero-order valence-electron chi connectivity index (χ0n) is 17.0. The number of guanidine groups is 1. The molecule has 27 heavy (non-hydrogen) atoms. The number of hydrogen-bond acceptors (Lipinski definition) is 4. The van der Waals surface area contributed by atoms with Crippen LogP contribution in [0.3, 0.4) is 0 Å². The Morgan fingerprint density at radius 2 is 1.67 bits per heavy atom. The summed E-state index contributed by atoms with van der Waals surface area (Å²) in [7, 11) is 8.64. The summed E-state index contributed by atoms with van der Waals surface area (Å²) in [4.78, 5) is 6.49. The summed E-state index contributed by atoms with van der Waals surface area (Å²) in [6.45, 7) is 3.48. The molecule has 0 radical (unpaired) electrons. The van der Waals surface area contributed by atoms with Gasteiger partial charge in [-0.1, -0.05) is 24.3 Å². The number of aliphatic imine (C=N–C) groups is 1. The first-order chi connectivity index (χ1) is 13.0. The van der Waals surface area contributed by atoms with Crippen LogP contribution in [0.2, 0.25) is 0 Å². The third kappa shape index (κ3) is 5.06. The van der Waals surface area contributed by atoms with Gasteiger partial charge in [0, 0.05) is 27.2 Å². The van der Waals surface area contributed by atoms with E-state index in [1.54, 1.807) is 28.4 Å². The predicted octanol–water partition coefficient (Wildman–Crippen LogP) is 3.23. The van der Waals surface area contributed by atoms with Crippen LogP contribution in [0.15, 0.2) is 41.4 Å². The average Bonchev–Trinajstić information content (AvgIpc) is 2.69. The largest absolute Gasteiger partial charge is 0.493 e. The van der Waals surface area contributed by atoms with Gasteiger partial charge in [0.1, 0.15) is 0 Å². The topological polar surface area (TPSA) is 55.3 Å². The number of methoxy groups -OCH3 is 3. The molecule has 2 aromatic carbocycles. The first kappa shape index (κ1) is 20.4. The zero-order chi connectivity index (χ0) is 19.8. The fourth-order valence-corrected chi connectivity index (χ4v) is 2.92. The van der Waals surface area contributed by atoms with Gasteiger partial charge in [-0.3, -0.25) is 4.99 Å². The van der Waals surface area contributed by atoms with Crippen LogP contribution in [-0.4, -0.2) is 46.3 Å². The molecular weight excluding hydrogens is 342 g/mol. The molecule has 146 valence electrons. The number of nitrogens with zero attached hydrogens (tertiary/aromatic N) is 2. The predicted molar refractivity (Wildman–Crippen MR) is 109 cm³/mol. The molecule has 0 amide bonds. The molecule has 0 heterocycles. The van der Waals surface area contributed by atoms with Crippen LogP contribution in [0.5, 0.6) is 17.2 Å². The maximum absolute atomic E-state index is 5.42. The summed E-state index contributed by atoms with van der Waals surface area (Å²) in [5, 5.41) is 3.39. The summed E-state index contributed by atoms with van der Waals surface area (Å²) >= 11 is 0. The number of ether oxygens (including phenoxy) is 3. The standard InChI is InChI=1S/C21H29N3O3/c1-15-9-7-8-10-17(15)14-24(3)21(22-2)23-13-16-11-18(25-4)20(27-6)19(12-16)26-5/h7-12H,13-14H2,1-6H3,(H,22,23). The molecule has 6 nitrogen and oxygen atoms in total. The summed E-state index contributed by atoms with van der Waals surface area (Å²) in [5.41, 5.74) is 3.55. The molecule has 1 N–H and O–H groups in total. The van der Waals surface area contributed by atoms with E-state index >= 15 is 0 Å². The molecule has 0 atom stereocenters. The molecule has 0 aliphatic carbocycles. The Kier molecular flexibility index (Phi) is 7.34. The van der Waals surface area contributed by atoms with E-state index in [0.717, 1.165) is 18.1 Å². The van der Waals surface area contributed by atoms with E-state index in [1.165, 1.54) is 11.1 Å². The highest BCUT2D eigenvalue weighted by atomic mass is 16.5. The summed E-state index contributed by atoms with van der Waals surface area (Å²) in [6, 6.07) is 12.2. The third-order valence-electron chi connectivity index (χ3n) is 4.42. The Labute approximate surface area is 161 Å². The molecule has 0 spiro atoms. The second-order valence-electron chi connectivity index (χ2n) is 6.22. The lowest BCUT2D eigenvalue weighted by molar-refractivity contribution is 0.323. The van der Waals surface area contributed by atoms with E-state index in [4.69, 9.17) is 14.2 Å². The van der Waals surface area contributed by atoms with Gasteiger partial charge in [-0.15, -0.1) is 0 Å². The van der Waals surface area contributed by atoms with Gasteiger partial charge >= 0.3 is 0 Å². The van der Waals surface area contributed by atoms with Crippen LogP contribution in [0.4, 0.5) is 0 Å². The Hall–Kier alpha value is -2.89. The number of nitrogens with one attached hydrogen (secondary N) is 1. The molecular formula is C21H29N3O3. The normalized spacial score (nSPS) is 11.1. The van der Waals surface area contributed by atoms with Crippen molar-refractivity contribution in [1.29, 1.82) is 0 Å². The van der Waals surface area contributed by atoms with Crippen molar-refractivity contribution in [1.82, 2.24) is 10.2 Å². The maximum Gasteiger partial charge on any atom is 0.203 e.